The van der Waals surface area contributed by atoms with Crippen LogP contribution in [-0.4, -0.2) is 35.2 Å². The summed E-state index contributed by atoms with van der Waals surface area (Å²) in [5.74, 6) is 0.425. The lowest BCUT2D eigenvalue weighted by atomic mass is 10.3. The van der Waals surface area contributed by atoms with Crippen molar-refractivity contribution >= 4 is 5.95 Å². The predicted molar refractivity (Wildman–Crippen MR) is 65.5 cm³/mol. The van der Waals surface area contributed by atoms with E-state index in [0.29, 0.717) is 19.2 Å². The molecule has 1 aromatic heterocycles. The first-order chi connectivity index (χ1) is 8.15. The summed E-state index contributed by atoms with van der Waals surface area (Å²) >= 11 is 0. The van der Waals surface area contributed by atoms with Crippen LogP contribution in [0.15, 0.2) is 12.2 Å². The van der Waals surface area contributed by atoms with Crippen molar-refractivity contribution in [2.45, 2.75) is 20.3 Å². The van der Waals surface area contributed by atoms with Crippen molar-refractivity contribution in [3.05, 3.63) is 12.2 Å². The molecule has 0 amide bonds. The summed E-state index contributed by atoms with van der Waals surface area (Å²) in [4.78, 5) is 12.1. The maximum atomic E-state index is 5.40. The van der Waals surface area contributed by atoms with Gasteiger partial charge in [-0.2, -0.15) is 9.97 Å². The highest BCUT2D eigenvalue weighted by Crippen LogP contribution is 2.13. The number of nitrogens with zero attached hydrogens (tertiary/aromatic N) is 3. The minimum absolute atomic E-state index is 0.258. The lowest BCUT2D eigenvalue weighted by Crippen LogP contribution is -2.07. The molecule has 1 aromatic rings. The summed E-state index contributed by atoms with van der Waals surface area (Å²) in [6.07, 6.45) is 0.768. The third-order valence-corrected chi connectivity index (χ3v) is 1.85. The molecule has 0 atom stereocenters. The van der Waals surface area contributed by atoms with Crippen LogP contribution in [0.5, 0.6) is 12.0 Å². The molecule has 0 radical (unpaired) electrons. The molecule has 6 heteroatoms. The van der Waals surface area contributed by atoms with E-state index in [0.717, 1.165) is 12.0 Å². The van der Waals surface area contributed by atoms with Gasteiger partial charge in [-0.05, 0) is 13.8 Å². The molecule has 0 aromatic carbocycles. The standard InChI is InChI=1S/C11H18N4O2/c1-5-16-10-13-9(12-4)14-11(15-10)17-7-6-8(2)3/h2,5-7H2,1,3-4H3,(H,12,13,14,15). The predicted octanol–water partition coefficient (Wildman–Crippen LogP) is 1.66. The Bertz CT molecular complexity index is 382. The van der Waals surface area contributed by atoms with E-state index >= 15 is 0 Å². The summed E-state index contributed by atoms with van der Waals surface area (Å²) in [7, 11) is 1.72. The lowest BCUT2D eigenvalue weighted by molar-refractivity contribution is 0.272. The maximum absolute atomic E-state index is 5.40. The van der Waals surface area contributed by atoms with E-state index in [-0.39, 0.29) is 12.0 Å². The van der Waals surface area contributed by atoms with Gasteiger partial charge in [-0.1, -0.05) is 5.57 Å². The lowest BCUT2D eigenvalue weighted by Gasteiger charge is -2.07. The SMILES string of the molecule is C=C(C)CCOc1nc(NC)nc(OCC)n1. The van der Waals surface area contributed by atoms with E-state index in [1.807, 2.05) is 13.8 Å². The summed E-state index contributed by atoms with van der Waals surface area (Å²) < 4.78 is 10.6. The van der Waals surface area contributed by atoms with Gasteiger partial charge in [0.25, 0.3) is 0 Å². The van der Waals surface area contributed by atoms with Crippen LogP contribution < -0.4 is 14.8 Å². The van der Waals surface area contributed by atoms with Gasteiger partial charge >= 0.3 is 12.0 Å². The van der Waals surface area contributed by atoms with Crippen LogP contribution in [0.1, 0.15) is 20.3 Å². The van der Waals surface area contributed by atoms with Crippen LogP contribution in [0.2, 0.25) is 0 Å². The zero-order valence-corrected chi connectivity index (χ0v) is 10.5. The van der Waals surface area contributed by atoms with Gasteiger partial charge in [-0.15, -0.1) is 11.6 Å². The Balaban J connectivity index is 2.69. The molecule has 6 nitrogen and oxygen atoms in total. The number of aromatic nitrogens is 3. The van der Waals surface area contributed by atoms with Crippen molar-refractivity contribution in [2.24, 2.45) is 0 Å². The van der Waals surface area contributed by atoms with Crippen LogP contribution in [0, 0.1) is 0 Å². The molecule has 0 bridgehead atoms. The number of hydrogen-bond donors (Lipinski definition) is 1. The Labute approximate surface area is 101 Å². The maximum Gasteiger partial charge on any atom is 0.324 e. The smallest absolute Gasteiger partial charge is 0.324 e. The second-order valence-electron chi connectivity index (χ2n) is 3.46. The number of rotatable bonds is 7. The average Bonchev–Trinajstić information content (AvgIpc) is 2.28. The molecule has 0 aliphatic rings. The monoisotopic (exact) mass is 238 g/mol. The number of anilines is 1. The van der Waals surface area contributed by atoms with Crippen LogP contribution in [0.4, 0.5) is 5.95 Å². The average molecular weight is 238 g/mol. The van der Waals surface area contributed by atoms with E-state index < -0.39 is 0 Å². The van der Waals surface area contributed by atoms with Gasteiger partial charge in [-0.3, -0.25) is 0 Å². The molecule has 1 N–H and O–H groups in total. The third kappa shape index (κ3) is 4.67. The highest BCUT2D eigenvalue weighted by atomic mass is 16.5. The summed E-state index contributed by atoms with van der Waals surface area (Å²) in [5.41, 5.74) is 1.05. The van der Waals surface area contributed by atoms with Gasteiger partial charge < -0.3 is 14.8 Å². The summed E-state index contributed by atoms with van der Waals surface area (Å²) in [6.45, 7) is 8.60. The Morgan fingerprint density at radius 1 is 1.24 bits per heavy atom. The molecule has 0 unspecified atom stereocenters. The quantitative estimate of drug-likeness (QED) is 0.728. The Kier molecular flexibility index (Phi) is 5.19. The van der Waals surface area contributed by atoms with Gasteiger partial charge in [0.15, 0.2) is 0 Å². The van der Waals surface area contributed by atoms with Crippen LogP contribution in [-0.2, 0) is 0 Å². The molecular weight excluding hydrogens is 220 g/mol. The Morgan fingerprint density at radius 2 is 1.88 bits per heavy atom. The largest absolute Gasteiger partial charge is 0.464 e. The second kappa shape index (κ2) is 6.67. The number of ether oxygens (including phenoxy) is 2. The molecule has 17 heavy (non-hydrogen) atoms. The molecule has 0 fully saturated rings. The second-order valence-corrected chi connectivity index (χ2v) is 3.46. The highest BCUT2D eigenvalue weighted by molar-refractivity contribution is 5.26. The molecule has 1 heterocycles. The first kappa shape index (κ1) is 13.2. The van der Waals surface area contributed by atoms with Crippen LogP contribution in [0.25, 0.3) is 0 Å². The zero-order chi connectivity index (χ0) is 12.7. The van der Waals surface area contributed by atoms with E-state index in [1.54, 1.807) is 7.05 Å². The van der Waals surface area contributed by atoms with Gasteiger partial charge in [0.1, 0.15) is 0 Å². The molecule has 1 rings (SSSR count). The van der Waals surface area contributed by atoms with Crippen molar-refractivity contribution in [2.75, 3.05) is 25.6 Å². The first-order valence-corrected chi connectivity index (χ1v) is 5.49. The van der Waals surface area contributed by atoms with E-state index in [9.17, 15) is 0 Å². The van der Waals surface area contributed by atoms with Crippen molar-refractivity contribution < 1.29 is 9.47 Å². The van der Waals surface area contributed by atoms with Crippen molar-refractivity contribution in [3.8, 4) is 12.0 Å². The minimum Gasteiger partial charge on any atom is -0.464 e. The molecule has 0 saturated carbocycles. The first-order valence-electron chi connectivity index (χ1n) is 5.49. The Morgan fingerprint density at radius 3 is 2.41 bits per heavy atom. The highest BCUT2D eigenvalue weighted by Gasteiger charge is 2.07. The molecule has 0 saturated heterocycles. The molecular formula is C11H18N4O2. The fourth-order valence-electron chi connectivity index (χ4n) is 1.02. The minimum atomic E-state index is 0.258. The molecule has 0 aliphatic carbocycles. The Hall–Kier alpha value is -1.85. The summed E-state index contributed by atoms with van der Waals surface area (Å²) in [6, 6.07) is 0.520. The van der Waals surface area contributed by atoms with Crippen molar-refractivity contribution in [1.29, 1.82) is 0 Å². The molecule has 94 valence electrons. The normalized spacial score (nSPS) is 9.82. The van der Waals surface area contributed by atoms with Gasteiger partial charge in [0, 0.05) is 13.5 Å². The van der Waals surface area contributed by atoms with Gasteiger partial charge in [0.2, 0.25) is 5.95 Å². The van der Waals surface area contributed by atoms with Crippen LogP contribution in [0.3, 0.4) is 0 Å². The van der Waals surface area contributed by atoms with Crippen molar-refractivity contribution in [1.82, 2.24) is 15.0 Å². The fraction of sp³-hybridized carbons (Fsp3) is 0.545. The summed E-state index contributed by atoms with van der Waals surface area (Å²) in [5, 5.41) is 2.83. The van der Waals surface area contributed by atoms with Gasteiger partial charge in [0.05, 0.1) is 13.2 Å². The number of nitrogens with one attached hydrogen (secondary N) is 1. The fourth-order valence-corrected chi connectivity index (χ4v) is 1.02. The van der Waals surface area contributed by atoms with Crippen LogP contribution >= 0.6 is 0 Å². The van der Waals surface area contributed by atoms with Crippen molar-refractivity contribution in [3.63, 3.8) is 0 Å². The number of hydrogen-bond acceptors (Lipinski definition) is 6. The van der Waals surface area contributed by atoms with E-state index in [4.69, 9.17) is 9.47 Å². The van der Waals surface area contributed by atoms with Gasteiger partial charge in [-0.25, -0.2) is 0 Å². The molecule has 0 aliphatic heterocycles. The third-order valence-electron chi connectivity index (χ3n) is 1.85. The molecule has 0 spiro atoms. The topological polar surface area (TPSA) is 69.2 Å². The van der Waals surface area contributed by atoms with E-state index in [1.165, 1.54) is 0 Å². The zero-order valence-electron chi connectivity index (χ0n) is 10.5. The van der Waals surface area contributed by atoms with E-state index in [2.05, 4.69) is 26.8 Å².